The summed E-state index contributed by atoms with van der Waals surface area (Å²) in [5, 5.41) is 6.50. The molecule has 0 amide bonds. The van der Waals surface area contributed by atoms with Gasteiger partial charge in [0.15, 0.2) is 11.5 Å². The Bertz CT molecular complexity index is 954. The normalized spacial score (nSPS) is 15.4. The van der Waals surface area contributed by atoms with Crippen molar-refractivity contribution in [2.75, 3.05) is 26.1 Å². The molecule has 6 heteroatoms. The third-order valence-electron chi connectivity index (χ3n) is 4.68. The zero-order chi connectivity index (χ0) is 18.8. The summed E-state index contributed by atoms with van der Waals surface area (Å²) in [7, 11) is 3.27. The average Bonchev–Trinajstić information content (AvgIpc) is 3.22. The van der Waals surface area contributed by atoms with Gasteiger partial charge in [0, 0.05) is 16.5 Å². The van der Waals surface area contributed by atoms with E-state index in [0.717, 1.165) is 46.2 Å². The highest BCUT2D eigenvalue weighted by atomic mass is 32.1. The minimum atomic E-state index is 0.236. The molecule has 0 fully saturated rings. The van der Waals surface area contributed by atoms with Crippen LogP contribution in [0.2, 0.25) is 0 Å². The molecule has 0 saturated heterocycles. The van der Waals surface area contributed by atoms with E-state index >= 15 is 0 Å². The van der Waals surface area contributed by atoms with Crippen LogP contribution in [0.3, 0.4) is 0 Å². The Morgan fingerprint density at radius 2 is 1.93 bits per heavy atom. The highest BCUT2D eigenvalue weighted by molar-refractivity contribution is 7.13. The van der Waals surface area contributed by atoms with Crippen molar-refractivity contribution in [2.24, 2.45) is 0 Å². The number of nitrogens with zero attached hydrogens (tertiary/aromatic N) is 1. The zero-order valence-electron chi connectivity index (χ0n) is 15.6. The van der Waals surface area contributed by atoms with E-state index in [1.165, 1.54) is 0 Å². The molecule has 1 aliphatic rings. The predicted octanol–water partition coefficient (Wildman–Crippen LogP) is 5.08. The van der Waals surface area contributed by atoms with E-state index in [9.17, 15) is 0 Å². The first-order valence-corrected chi connectivity index (χ1v) is 9.82. The van der Waals surface area contributed by atoms with Crippen LogP contribution in [0.1, 0.15) is 13.3 Å². The summed E-state index contributed by atoms with van der Waals surface area (Å²) in [6.45, 7) is 2.97. The first-order chi connectivity index (χ1) is 13.2. The van der Waals surface area contributed by atoms with Gasteiger partial charge in [-0.1, -0.05) is 6.92 Å². The van der Waals surface area contributed by atoms with Crippen molar-refractivity contribution in [1.29, 1.82) is 0 Å². The number of benzene rings is 2. The van der Waals surface area contributed by atoms with Crippen LogP contribution < -0.4 is 19.5 Å². The molecule has 1 N–H and O–H groups in total. The van der Waals surface area contributed by atoms with E-state index in [-0.39, 0.29) is 6.10 Å². The van der Waals surface area contributed by atoms with Gasteiger partial charge in [0.25, 0.3) is 0 Å². The number of rotatable bonds is 5. The quantitative estimate of drug-likeness (QED) is 0.667. The van der Waals surface area contributed by atoms with Gasteiger partial charge in [0.2, 0.25) is 0 Å². The van der Waals surface area contributed by atoms with Crippen molar-refractivity contribution >= 4 is 17.0 Å². The third kappa shape index (κ3) is 3.45. The second-order valence-corrected chi connectivity index (χ2v) is 7.21. The van der Waals surface area contributed by atoms with E-state index in [0.29, 0.717) is 11.5 Å². The molecule has 2 heterocycles. The van der Waals surface area contributed by atoms with Gasteiger partial charge in [0.05, 0.1) is 32.1 Å². The molecule has 1 aromatic heterocycles. The summed E-state index contributed by atoms with van der Waals surface area (Å²) < 4.78 is 16.7. The number of ether oxygens (including phenoxy) is 3. The second-order valence-electron chi connectivity index (χ2n) is 6.35. The smallest absolute Gasteiger partial charge is 0.161 e. The van der Waals surface area contributed by atoms with Gasteiger partial charge in [-0.3, -0.25) is 0 Å². The Hall–Kier alpha value is -2.73. The monoisotopic (exact) mass is 382 g/mol. The maximum absolute atomic E-state index is 5.99. The molecule has 2 aromatic carbocycles. The fourth-order valence-electron chi connectivity index (χ4n) is 3.11. The van der Waals surface area contributed by atoms with Crippen LogP contribution in [0.4, 0.5) is 5.69 Å². The van der Waals surface area contributed by atoms with Crippen molar-refractivity contribution in [2.45, 2.75) is 19.4 Å². The van der Waals surface area contributed by atoms with Crippen molar-refractivity contribution in [3.8, 4) is 39.1 Å². The Morgan fingerprint density at radius 3 is 2.70 bits per heavy atom. The summed E-state index contributed by atoms with van der Waals surface area (Å²) in [6, 6.07) is 12.0. The molecule has 27 heavy (non-hydrogen) atoms. The minimum Gasteiger partial charge on any atom is -0.493 e. The summed E-state index contributed by atoms with van der Waals surface area (Å²) in [5.41, 5.74) is 4.03. The Kier molecular flexibility index (Phi) is 4.90. The van der Waals surface area contributed by atoms with Crippen LogP contribution in [-0.4, -0.2) is 31.9 Å². The molecule has 0 radical (unpaired) electrons. The lowest BCUT2D eigenvalue weighted by atomic mass is 10.1. The molecule has 0 aliphatic carbocycles. The van der Waals surface area contributed by atoms with E-state index in [4.69, 9.17) is 19.2 Å². The van der Waals surface area contributed by atoms with Gasteiger partial charge in [-0.25, -0.2) is 4.98 Å². The van der Waals surface area contributed by atoms with Crippen molar-refractivity contribution in [1.82, 2.24) is 4.98 Å². The first kappa shape index (κ1) is 17.7. The lowest BCUT2D eigenvalue weighted by Crippen LogP contribution is -2.29. The molecule has 1 atom stereocenters. The van der Waals surface area contributed by atoms with Crippen LogP contribution in [0, 0.1) is 0 Å². The highest BCUT2D eigenvalue weighted by Crippen LogP contribution is 2.37. The third-order valence-corrected chi connectivity index (χ3v) is 5.57. The molecule has 3 aromatic rings. The predicted molar refractivity (Wildman–Crippen MR) is 109 cm³/mol. The van der Waals surface area contributed by atoms with E-state index in [2.05, 4.69) is 29.8 Å². The number of nitrogens with one attached hydrogen (secondary N) is 1. The number of aromatic nitrogens is 1. The summed E-state index contributed by atoms with van der Waals surface area (Å²) in [4.78, 5) is 4.82. The maximum atomic E-state index is 5.99. The fourth-order valence-corrected chi connectivity index (χ4v) is 3.94. The van der Waals surface area contributed by atoms with Gasteiger partial charge in [-0.2, -0.15) is 0 Å². The van der Waals surface area contributed by atoms with Crippen molar-refractivity contribution < 1.29 is 14.2 Å². The summed E-state index contributed by atoms with van der Waals surface area (Å²) in [5.74, 6) is 2.32. The largest absolute Gasteiger partial charge is 0.493 e. The van der Waals surface area contributed by atoms with Gasteiger partial charge in [0.1, 0.15) is 16.9 Å². The number of hydrogen-bond donors (Lipinski definition) is 1. The van der Waals surface area contributed by atoms with Gasteiger partial charge >= 0.3 is 0 Å². The SMILES string of the molecule is CCC1CNc2cc(-c3nc(-c4ccc(OC)c(OC)c4)cs3)ccc2O1. The second kappa shape index (κ2) is 7.48. The van der Waals surface area contributed by atoms with Crippen LogP contribution in [-0.2, 0) is 0 Å². The van der Waals surface area contributed by atoms with E-state index < -0.39 is 0 Å². The summed E-state index contributed by atoms with van der Waals surface area (Å²) >= 11 is 1.62. The van der Waals surface area contributed by atoms with Crippen molar-refractivity contribution in [3.63, 3.8) is 0 Å². The number of hydrogen-bond acceptors (Lipinski definition) is 6. The van der Waals surface area contributed by atoms with Crippen LogP contribution in [0.15, 0.2) is 41.8 Å². The lowest BCUT2D eigenvalue weighted by Gasteiger charge is -2.26. The van der Waals surface area contributed by atoms with Gasteiger partial charge in [-0.05, 0) is 42.8 Å². The molecule has 0 bridgehead atoms. The molecule has 140 valence electrons. The molecule has 0 spiro atoms. The number of fused-ring (bicyclic) bond motifs is 1. The summed E-state index contributed by atoms with van der Waals surface area (Å²) in [6.07, 6.45) is 1.23. The Labute approximate surface area is 162 Å². The lowest BCUT2D eigenvalue weighted by molar-refractivity contribution is 0.202. The molecular weight excluding hydrogens is 360 g/mol. The highest BCUT2D eigenvalue weighted by Gasteiger charge is 2.19. The number of thiazole rings is 1. The number of methoxy groups -OCH3 is 2. The van der Waals surface area contributed by atoms with Crippen LogP contribution in [0.25, 0.3) is 21.8 Å². The van der Waals surface area contributed by atoms with Gasteiger partial charge in [-0.15, -0.1) is 11.3 Å². The number of anilines is 1. The first-order valence-electron chi connectivity index (χ1n) is 8.94. The topological polar surface area (TPSA) is 52.6 Å². The fraction of sp³-hybridized carbons (Fsp3) is 0.286. The Morgan fingerprint density at radius 1 is 1.11 bits per heavy atom. The standard InChI is InChI=1S/C21H22N2O3S/c1-4-15-11-22-16-9-14(6-7-18(16)26-15)21-23-17(12-27-21)13-5-8-19(24-2)20(10-13)25-3/h5-10,12,15,22H,4,11H2,1-3H3. The molecular formula is C21H22N2O3S. The zero-order valence-corrected chi connectivity index (χ0v) is 16.4. The van der Waals surface area contributed by atoms with Gasteiger partial charge < -0.3 is 19.5 Å². The minimum absolute atomic E-state index is 0.236. The van der Waals surface area contributed by atoms with E-state index in [1.807, 2.05) is 24.3 Å². The Balaban J connectivity index is 1.62. The molecule has 1 unspecified atom stereocenters. The van der Waals surface area contributed by atoms with Crippen LogP contribution >= 0.6 is 11.3 Å². The molecule has 5 nitrogen and oxygen atoms in total. The average molecular weight is 382 g/mol. The molecule has 4 rings (SSSR count). The van der Waals surface area contributed by atoms with Crippen molar-refractivity contribution in [3.05, 3.63) is 41.8 Å². The van der Waals surface area contributed by atoms with E-state index in [1.54, 1.807) is 25.6 Å². The van der Waals surface area contributed by atoms with Crippen LogP contribution in [0.5, 0.6) is 17.2 Å². The maximum Gasteiger partial charge on any atom is 0.161 e. The molecule has 1 aliphatic heterocycles. The molecule has 0 saturated carbocycles.